The number of hydrogen-bond donors (Lipinski definition) is 0. The summed E-state index contributed by atoms with van der Waals surface area (Å²) in [5.41, 5.74) is 1.22. The zero-order valence-corrected chi connectivity index (χ0v) is 23.3. The van der Waals surface area contributed by atoms with E-state index in [0.29, 0.717) is 11.1 Å². The van der Waals surface area contributed by atoms with Gasteiger partial charge in [0.25, 0.3) is 10.0 Å². The molecule has 7 nitrogen and oxygen atoms in total. The van der Waals surface area contributed by atoms with Crippen LogP contribution in [0.2, 0.25) is 5.02 Å². The molecule has 0 saturated carbocycles. The second-order valence-corrected chi connectivity index (χ2v) is 11.3. The van der Waals surface area contributed by atoms with Gasteiger partial charge in [-0.3, -0.25) is 9.10 Å². The lowest BCUT2D eigenvalue weighted by atomic mass is 10.0. The third kappa shape index (κ3) is 7.12. The van der Waals surface area contributed by atoms with Gasteiger partial charge in [-0.2, -0.15) is 0 Å². The fraction of sp³-hybridized carbons (Fsp3) is 0.250. The molecule has 4 rings (SSSR count). The Bertz CT molecular complexity index is 1570. The lowest BCUT2D eigenvalue weighted by molar-refractivity contribution is -0.274. The number of nitrogens with zero attached hydrogens (tertiary/aromatic N) is 1. The number of carbonyl (C=O) groups is 1. The number of halogens is 5. The molecule has 0 unspecified atom stereocenters. The van der Waals surface area contributed by atoms with Crippen LogP contribution in [-0.4, -0.2) is 40.5 Å². The molecule has 3 aromatic carbocycles. The fourth-order valence-corrected chi connectivity index (χ4v) is 6.18. The number of esters is 1. The minimum absolute atomic E-state index is 0.0529. The van der Waals surface area contributed by atoms with Crippen molar-refractivity contribution in [3.05, 3.63) is 82.6 Å². The first kappa shape index (κ1) is 30.2. The van der Waals surface area contributed by atoms with Gasteiger partial charge >= 0.3 is 12.3 Å². The minimum Gasteiger partial charge on any atom is -0.486 e. The third-order valence-electron chi connectivity index (χ3n) is 6.18. The van der Waals surface area contributed by atoms with Crippen molar-refractivity contribution in [2.45, 2.75) is 37.1 Å². The molecule has 0 aromatic heterocycles. The molecule has 0 fully saturated rings. The van der Waals surface area contributed by atoms with Gasteiger partial charge < -0.3 is 14.2 Å². The molecule has 0 radical (unpaired) electrons. The molecule has 3 aromatic rings. The zero-order chi connectivity index (χ0) is 29.9. The second kappa shape index (κ2) is 12.0. The van der Waals surface area contributed by atoms with Crippen LogP contribution in [0.4, 0.5) is 23.2 Å². The van der Waals surface area contributed by atoms with E-state index in [1.807, 2.05) is 0 Å². The normalized spacial score (nSPS) is 15.6. The van der Waals surface area contributed by atoms with Crippen LogP contribution < -0.4 is 13.8 Å². The summed E-state index contributed by atoms with van der Waals surface area (Å²) in [6.45, 7) is 1.39. The van der Waals surface area contributed by atoms with Crippen LogP contribution in [0.3, 0.4) is 0 Å². The summed E-state index contributed by atoms with van der Waals surface area (Å²) in [5.74, 6) is -1.60. The first-order valence-corrected chi connectivity index (χ1v) is 14.0. The number of hydrogen-bond acceptors (Lipinski definition) is 6. The van der Waals surface area contributed by atoms with E-state index in [1.54, 1.807) is 19.1 Å². The number of carbonyl (C=O) groups excluding carboxylic acids is 1. The molecule has 13 heteroatoms. The van der Waals surface area contributed by atoms with E-state index in [2.05, 4.69) is 9.47 Å². The Hall–Kier alpha value is -3.77. The first-order valence-electron chi connectivity index (χ1n) is 12.2. The lowest BCUT2D eigenvalue weighted by Crippen LogP contribution is -2.43. The zero-order valence-electron chi connectivity index (χ0n) is 21.7. The Labute approximate surface area is 238 Å². The van der Waals surface area contributed by atoms with Crippen LogP contribution in [0.15, 0.2) is 65.6 Å². The Morgan fingerprint density at radius 1 is 1.15 bits per heavy atom. The van der Waals surface area contributed by atoms with E-state index in [-0.39, 0.29) is 41.4 Å². The topological polar surface area (TPSA) is 82.1 Å². The highest BCUT2D eigenvalue weighted by atomic mass is 35.5. The Balaban J connectivity index is 1.77. The number of fused-ring (bicyclic) bond motifs is 1. The fourth-order valence-electron chi connectivity index (χ4n) is 4.33. The summed E-state index contributed by atoms with van der Waals surface area (Å²) in [7, 11) is -3.23. The van der Waals surface area contributed by atoms with Crippen molar-refractivity contribution in [2.75, 3.05) is 18.0 Å². The maximum Gasteiger partial charge on any atom is 0.573 e. The first-order chi connectivity index (χ1) is 19.3. The van der Waals surface area contributed by atoms with Crippen LogP contribution in [0.25, 0.3) is 11.6 Å². The van der Waals surface area contributed by atoms with Gasteiger partial charge in [0.15, 0.2) is 0 Å². The van der Waals surface area contributed by atoms with Gasteiger partial charge in [-0.25, -0.2) is 12.8 Å². The molecular formula is C28H24ClF4NO6S. The van der Waals surface area contributed by atoms with Crippen LogP contribution in [-0.2, 0) is 19.6 Å². The lowest BCUT2D eigenvalue weighted by Gasteiger charge is -2.35. The number of methoxy groups -OCH3 is 1. The van der Waals surface area contributed by atoms with Crippen molar-refractivity contribution in [3.8, 4) is 11.5 Å². The molecule has 1 aliphatic heterocycles. The molecule has 0 amide bonds. The maximum atomic E-state index is 14.5. The van der Waals surface area contributed by atoms with E-state index in [4.69, 9.17) is 16.3 Å². The van der Waals surface area contributed by atoms with E-state index < -0.39 is 44.9 Å². The molecule has 1 heterocycles. The van der Waals surface area contributed by atoms with Crippen molar-refractivity contribution in [2.24, 2.45) is 0 Å². The average Bonchev–Trinajstić information content (AvgIpc) is 2.90. The Morgan fingerprint density at radius 3 is 2.56 bits per heavy atom. The quantitative estimate of drug-likeness (QED) is 0.157. The van der Waals surface area contributed by atoms with Crippen molar-refractivity contribution in [1.29, 1.82) is 0 Å². The van der Waals surface area contributed by atoms with Crippen LogP contribution in [0.1, 0.15) is 30.9 Å². The standard InChI is InChI=1S/C28H24ClF4NO6S/c1-17(27-22(29)7-4-8-23(27)30)13-18-9-11-25-24(14-18)34(16-20(39-25)10-12-26(35)38-2)41(36,37)21-6-3-5-19(15-21)40-28(31,32)33/h3-9,11,13-15,20H,10,12,16H2,1-2H3/b17-13+/t20-/m0/s1. The molecule has 1 aliphatic rings. The molecular weight excluding hydrogens is 590 g/mol. The molecule has 218 valence electrons. The SMILES string of the molecule is COC(=O)CC[C@H]1CN(S(=O)(=O)c2cccc(OC(F)(F)F)c2)c2cc(/C=C(\C)c3c(F)cccc3Cl)ccc2O1. The van der Waals surface area contributed by atoms with E-state index in [9.17, 15) is 30.8 Å². The largest absolute Gasteiger partial charge is 0.573 e. The minimum atomic E-state index is -5.02. The summed E-state index contributed by atoms with van der Waals surface area (Å²) in [6, 6.07) is 13.0. The number of sulfonamides is 1. The molecule has 41 heavy (non-hydrogen) atoms. The number of allylic oxidation sites excluding steroid dienone is 1. The van der Waals surface area contributed by atoms with Gasteiger partial charge in [0.1, 0.15) is 23.4 Å². The van der Waals surface area contributed by atoms with Crippen LogP contribution >= 0.6 is 11.6 Å². The highest BCUT2D eigenvalue weighted by Gasteiger charge is 2.36. The summed E-state index contributed by atoms with van der Waals surface area (Å²) in [5, 5.41) is 0.193. The number of ether oxygens (including phenoxy) is 3. The smallest absolute Gasteiger partial charge is 0.486 e. The van der Waals surface area contributed by atoms with Gasteiger partial charge in [-0.15, -0.1) is 13.2 Å². The summed E-state index contributed by atoms with van der Waals surface area (Å²) >= 11 is 6.19. The molecule has 0 aliphatic carbocycles. The molecule has 0 N–H and O–H groups in total. The molecule has 1 atom stereocenters. The third-order valence-corrected chi connectivity index (χ3v) is 8.27. The van der Waals surface area contributed by atoms with Gasteiger partial charge in [0, 0.05) is 18.1 Å². The van der Waals surface area contributed by atoms with Gasteiger partial charge in [0.2, 0.25) is 0 Å². The maximum absolute atomic E-state index is 14.5. The van der Waals surface area contributed by atoms with Gasteiger partial charge in [0.05, 0.1) is 29.3 Å². The summed E-state index contributed by atoms with van der Waals surface area (Å²) in [6.07, 6.45) is -4.12. The Morgan fingerprint density at radius 2 is 1.88 bits per heavy atom. The van der Waals surface area contributed by atoms with Gasteiger partial charge in [-0.05, 0) is 60.9 Å². The van der Waals surface area contributed by atoms with E-state index in [0.717, 1.165) is 28.6 Å². The van der Waals surface area contributed by atoms with E-state index in [1.165, 1.54) is 37.4 Å². The molecule has 0 spiro atoms. The van der Waals surface area contributed by atoms with Gasteiger partial charge in [-0.1, -0.05) is 35.9 Å². The van der Waals surface area contributed by atoms with Crippen molar-refractivity contribution in [3.63, 3.8) is 0 Å². The molecule has 0 saturated heterocycles. The van der Waals surface area contributed by atoms with Crippen molar-refractivity contribution in [1.82, 2.24) is 0 Å². The van der Waals surface area contributed by atoms with Crippen molar-refractivity contribution < 1.29 is 45.0 Å². The monoisotopic (exact) mass is 613 g/mol. The highest BCUT2D eigenvalue weighted by Crippen LogP contribution is 2.40. The van der Waals surface area contributed by atoms with Crippen LogP contribution in [0, 0.1) is 5.82 Å². The highest BCUT2D eigenvalue weighted by molar-refractivity contribution is 7.92. The number of anilines is 1. The summed E-state index contributed by atoms with van der Waals surface area (Å²) < 4.78 is 96.0. The van der Waals surface area contributed by atoms with Crippen molar-refractivity contribution >= 4 is 44.9 Å². The number of benzene rings is 3. The summed E-state index contributed by atoms with van der Waals surface area (Å²) in [4.78, 5) is 11.3. The number of alkyl halides is 3. The number of rotatable bonds is 8. The predicted octanol–water partition coefficient (Wildman–Crippen LogP) is 6.85. The molecule has 0 bridgehead atoms. The van der Waals surface area contributed by atoms with E-state index >= 15 is 0 Å². The second-order valence-electron chi connectivity index (χ2n) is 9.06. The Kier molecular flexibility index (Phi) is 8.83. The predicted molar refractivity (Wildman–Crippen MR) is 145 cm³/mol. The van der Waals surface area contributed by atoms with Crippen LogP contribution in [0.5, 0.6) is 11.5 Å². The average molecular weight is 614 g/mol.